The second kappa shape index (κ2) is 5.32. The lowest BCUT2D eigenvalue weighted by Gasteiger charge is -2.13. The second-order valence-electron chi connectivity index (χ2n) is 4.91. The van der Waals surface area contributed by atoms with E-state index in [9.17, 15) is 0 Å². The number of nitrogen functional groups attached to an aromatic ring is 1. The van der Waals surface area contributed by atoms with E-state index in [1.54, 1.807) is 13.3 Å². The summed E-state index contributed by atoms with van der Waals surface area (Å²) in [6, 6.07) is 13.7. The summed E-state index contributed by atoms with van der Waals surface area (Å²) >= 11 is 0. The van der Waals surface area contributed by atoms with Crippen LogP contribution in [0.3, 0.4) is 0 Å². The molecule has 0 aliphatic rings. The maximum atomic E-state index is 5.98. The fourth-order valence-corrected chi connectivity index (χ4v) is 2.35. The Morgan fingerprint density at radius 3 is 2.67 bits per heavy atom. The fraction of sp³-hybridized carbons (Fsp3) is 0.118. The molecule has 0 fully saturated rings. The molecule has 3 aromatic rings. The van der Waals surface area contributed by atoms with Crippen LogP contribution in [0.2, 0.25) is 0 Å². The number of benzene rings is 2. The van der Waals surface area contributed by atoms with Crippen molar-refractivity contribution in [1.29, 1.82) is 0 Å². The standard InChI is InChI=1S/C17H17N3O/c1-11-10-12(21-2)5-7-15(11)20-16-8-6-14(18)17-13(16)4-3-9-19-17/h3-10,20H,18H2,1-2H3. The smallest absolute Gasteiger partial charge is 0.119 e. The van der Waals surface area contributed by atoms with E-state index < -0.39 is 0 Å². The van der Waals surface area contributed by atoms with Crippen LogP contribution in [-0.4, -0.2) is 12.1 Å². The predicted molar refractivity (Wildman–Crippen MR) is 87.2 cm³/mol. The normalized spacial score (nSPS) is 10.6. The Morgan fingerprint density at radius 2 is 1.90 bits per heavy atom. The quantitative estimate of drug-likeness (QED) is 0.714. The summed E-state index contributed by atoms with van der Waals surface area (Å²) in [5.74, 6) is 0.849. The molecule has 0 amide bonds. The maximum absolute atomic E-state index is 5.98. The van der Waals surface area contributed by atoms with Crippen LogP contribution in [0.4, 0.5) is 17.1 Å². The van der Waals surface area contributed by atoms with Crippen LogP contribution in [-0.2, 0) is 0 Å². The molecule has 3 rings (SSSR count). The molecule has 4 heteroatoms. The average Bonchev–Trinajstić information content (AvgIpc) is 2.52. The number of nitrogens with two attached hydrogens (primary N) is 1. The number of hydrogen-bond donors (Lipinski definition) is 2. The summed E-state index contributed by atoms with van der Waals surface area (Å²) in [6.07, 6.45) is 1.75. The number of aromatic nitrogens is 1. The van der Waals surface area contributed by atoms with E-state index in [1.807, 2.05) is 49.4 Å². The van der Waals surface area contributed by atoms with Crippen molar-refractivity contribution in [2.24, 2.45) is 0 Å². The van der Waals surface area contributed by atoms with Crippen LogP contribution >= 0.6 is 0 Å². The van der Waals surface area contributed by atoms with Crippen molar-refractivity contribution in [2.45, 2.75) is 6.92 Å². The molecule has 0 atom stereocenters. The molecule has 1 aromatic heterocycles. The van der Waals surface area contributed by atoms with Crippen molar-refractivity contribution < 1.29 is 4.74 Å². The highest BCUT2D eigenvalue weighted by Gasteiger charge is 2.07. The molecule has 0 radical (unpaired) electrons. The molecule has 0 aliphatic heterocycles. The third-order valence-electron chi connectivity index (χ3n) is 3.50. The van der Waals surface area contributed by atoms with Crippen molar-refractivity contribution >= 4 is 28.0 Å². The van der Waals surface area contributed by atoms with Gasteiger partial charge in [-0.3, -0.25) is 4.98 Å². The number of rotatable bonds is 3. The minimum absolute atomic E-state index is 0.683. The first-order chi connectivity index (χ1) is 10.2. The highest BCUT2D eigenvalue weighted by molar-refractivity contribution is 5.99. The van der Waals surface area contributed by atoms with E-state index in [4.69, 9.17) is 10.5 Å². The Morgan fingerprint density at radius 1 is 1.10 bits per heavy atom. The molecule has 1 heterocycles. The summed E-state index contributed by atoms with van der Waals surface area (Å²) < 4.78 is 5.23. The SMILES string of the molecule is COc1ccc(Nc2ccc(N)c3ncccc23)c(C)c1. The molecular weight excluding hydrogens is 262 g/mol. The maximum Gasteiger partial charge on any atom is 0.119 e. The molecule has 0 saturated carbocycles. The zero-order valence-corrected chi connectivity index (χ0v) is 12.1. The van der Waals surface area contributed by atoms with Crippen LogP contribution in [0.25, 0.3) is 10.9 Å². The van der Waals surface area contributed by atoms with Gasteiger partial charge in [0.25, 0.3) is 0 Å². The molecular formula is C17H17N3O. The number of nitrogens with one attached hydrogen (secondary N) is 1. The van der Waals surface area contributed by atoms with Crippen molar-refractivity contribution in [1.82, 2.24) is 4.98 Å². The Hall–Kier alpha value is -2.75. The van der Waals surface area contributed by atoms with Crippen molar-refractivity contribution in [3.8, 4) is 5.75 Å². The number of nitrogens with zero attached hydrogens (tertiary/aromatic N) is 1. The van der Waals surface area contributed by atoms with Crippen LogP contribution in [0.15, 0.2) is 48.7 Å². The van der Waals surface area contributed by atoms with Crippen LogP contribution in [0, 0.1) is 6.92 Å². The number of ether oxygens (including phenoxy) is 1. The Bertz CT molecular complexity index is 799. The molecule has 3 N–H and O–H groups in total. The first-order valence-electron chi connectivity index (χ1n) is 6.74. The third-order valence-corrected chi connectivity index (χ3v) is 3.50. The zero-order valence-electron chi connectivity index (χ0n) is 12.1. The van der Waals surface area contributed by atoms with E-state index in [2.05, 4.69) is 10.3 Å². The Kier molecular flexibility index (Phi) is 3.36. The van der Waals surface area contributed by atoms with E-state index in [0.717, 1.165) is 33.6 Å². The van der Waals surface area contributed by atoms with Gasteiger partial charge in [-0.05, 0) is 55.0 Å². The van der Waals surface area contributed by atoms with Crippen LogP contribution in [0.5, 0.6) is 5.75 Å². The second-order valence-corrected chi connectivity index (χ2v) is 4.91. The number of anilines is 3. The van der Waals surface area contributed by atoms with Crippen LogP contribution < -0.4 is 15.8 Å². The largest absolute Gasteiger partial charge is 0.497 e. The lowest BCUT2D eigenvalue weighted by molar-refractivity contribution is 0.414. The first-order valence-corrected chi connectivity index (χ1v) is 6.74. The van der Waals surface area contributed by atoms with Gasteiger partial charge < -0.3 is 15.8 Å². The van der Waals surface area contributed by atoms with Crippen molar-refractivity contribution in [3.05, 3.63) is 54.2 Å². The number of pyridine rings is 1. The Balaban J connectivity index is 2.04. The van der Waals surface area contributed by atoms with Gasteiger partial charge in [0.2, 0.25) is 0 Å². The average molecular weight is 279 g/mol. The van der Waals surface area contributed by atoms with E-state index >= 15 is 0 Å². The van der Waals surface area contributed by atoms with Gasteiger partial charge in [-0.15, -0.1) is 0 Å². The van der Waals surface area contributed by atoms with Gasteiger partial charge in [0.05, 0.1) is 18.3 Å². The lowest BCUT2D eigenvalue weighted by Crippen LogP contribution is -1.97. The third kappa shape index (κ3) is 2.48. The van der Waals surface area contributed by atoms with Gasteiger partial charge in [0.15, 0.2) is 0 Å². The summed E-state index contributed by atoms with van der Waals surface area (Å²) in [4.78, 5) is 4.35. The van der Waals surface area contributed by atoms with Gasteiger partial charge in [-0.1, -0.05) is 0 Å². The molecule has 0 bridgehead atoms. The summed E-state index contributed by atoms with van der Waals surface area (Å²) in [5.41, 5.74) is 10.6. The highest BCUT2D eigenvalue weighted by atomic mass is 16.5. The first kappa shape index (κ1) is 13.2. The minimum Gasteiger partial charge on any atom is -0.497 e. The van der Waals surface area contributed by atoms with Crippen LogP contribution in [0.1, 0.15) is 5.56 Å². The van der Waals surface area contributed by atoms with Gasteiger partial charge in [0, 0.05) is 23.0 Å². The number of methoxy groups -OCH3 is 1. The molecule has 106 valence electrons. The van der Waals surface area contributed by atoms with E-state index in [0.29, 0.717) is 5.69 Å². The molecule has 0 aliphatic carbocycles. The summed E-state index contributed by atoms with van der Waals surface area (Å²) in [5, 5.41) is 4.45. The van der Waals surface area contributed by atoms with Gasteiger partial charge in [0.1, 0.15) is 5.75 Å². The highest BCUT2D eigenvalue weighted by Crippen LogP contribution is 2.31. The topological polar surface area (TPSA) is 60.2 Å². The molecule has 0 saturated heterocycles. The van der Waals surface area contributed by atoms with E-state index in [1.165, 1.54) is 0 Å². The number of fused-ring (bicyclic) bond motifs is 1. The minimum atomic E-state index is 0.683. The predicted octanol–water partition coefficient (Wildman–Crippen LogP) is 3.88. The monoisotopic (exact) mass is 279 g/mol. The number of aryl methyl sites for hydroxylation is 1. The van der Waals surface area contributed by atoms with Gasteiger partial charge in [-0.25, -0.2) is 0 Å². The molecule has 0 unspecified atom stereocenters. The molecule has 2 aromatic carbocycles. The number of hydrogen-bond acceptors (Lipinski definition) is 4. The molecule has 21 heavy (non-hydrogen) atoms. The Labute approximate surface area is 123 Å². The van der Waals surface area contributed by atoms with Crippen molar-refractivity contribution in [2.75, 3.05) is 18.2 Å². The van der Waals surface area contributed by atoms with Crippen molar-refractivity contribution in [3.63, 3.8) is 0 Å². The molecule has 4 nitrogen and oxygen atoms in total. The van der Waals surface area contributed by atoms with Gasteiger partial charge >= 0.3 is 0 Å². The molecule has 0 spiro atoms. The summed E-state index contributed by atoms with van der Waals surface area (Å²) in [7, 11) is 1.67. The lowest BCUT2D eigenvalue weighted by atomic mass is 10.1. The summed E-state index contributed by atoms with van der Waals surface area (Å²) in [6.45, 7) is 2.04. The zero-order chi connectivity index (χ0) is 14.8. The van der Waals surface area contributed by atoms with Gasteiger partial charge in [-0.2, -0.15) is 0 Å². The fourth-order valence-electron chi connectivity index (χ4n) is 2.35. The van der Waals surface area contributed by atoms with E-state index in [-0.39, 0.29) is 0 Å².